The van der Waals surface area contributed by atoms with E-state index in [1.54, 1.807) is 7.11 Å². The van der Waals surface area contributed by atoms with Gasteiger partial charge in [0.1, 0.15) is 5.75 Å². The Morgan fingerprint density at radius 3 is 2.56 bits per heavy atom. The number of rotatable bonds is 4. The van der Waals surface area contributed by atoms with Crippen LogP contribution in [0.5, 0.6) is 5.75 Å². The Hall–Kier alpha value is -0.540. The monoisotopic (exact) mass is 285 g/mol. The van der Waals surface area contributed by atoms with Crippen LogP contribution in [0, 0.1) is 5.92 Å². The van der Waals surface area contributed by atoms with Crippen molar-refractivity contribution in [3.63, 3.8) is 0 Å². The molecule has 0 aliphatic carbocycles. The van der Waals surface area contributed by atoms with Gasteiger partial charge >= 0.3 is 0 Å². The summed E-state index contributed by atoms with van der Waals surface area (Å²) < 4.78 is 6.31. The van der Waals surface area contributed by atoms with Crippen molar-refractivity contribution in [3.8, 4) is 5.75 Å². The van der Waals surface area contributed by atoms with E-state index >= 15 is 0 Å². The summed E-state index contributed by atoms with van der Waals surface area (Å²) in [5, 5.41) is 0. The van der Waals surface area contributed by atoms with Crippen molar-refractivity contribution in [1.82, 2.24) is 0 Å². The molecule has 0 aliphatic heterocycles. The molecule has 0 aliphatic rings. The highest BCUT2D eigenvalue weighted by atomic mass is 79.9. The molecule has 1 atom stereocenters. The molecule has 3 heteroatoms. The van der Waals surface area contributed by atoms with Crippen LogP contribution in [-0.4, -0.2) is 12.6 Å². The molecule has 1 aromatic rings. The lowest BCUT2D eigenvalue weighted by atomic mass is 9.84. The van der Waals surface area contributed by atoms with Gasteiger partial charge in [0.05, 0.1) is 7.11 Å². The van der Waals surface area contributed by atoms with Crippen molar-refractivity contribution in [2.45, 2.75) is 32.7 Å². The van der Waals surface area contributed by atoms with Gasteiger partial charge in [0, 0.05) is 10.0 Å². The molecule has 16 heavy (non-hydrogen) atoms. The second-order valence-electron chi connectivity index (χ2n) is 4.79. The van der Waals surface area contributed by atoms with E-state index in [0.717, 1.165) is 16.6 Å². The quantitative estimate of drug-likeness (QED) is 0.921. The molecular weight excluding hydrogens is 266 g/mol. The molecular formula is C13H20BrNO. The number of halogens is 1. The van der Waals surface area contributed by atoms with E-state index in [-0.39, 0.29) is 5.54 Å². The maximum atomic E-state index is 6.29. The Kier molecular flexibility index (Phi) is 4.39. The molecule has 2 N–H and O–H groups in total. The summed E-state index contributed by atoms with van der Waals surface area (Å²) in [7, 11) is 1.68. The van der Waals surface area contributed by atoms with Gasteiger partial charge in [-0.25, -0.2) is 0 Å². The lowest BCUT2D eigenvalue weighted by Crippen LogP contribution is -2.43. The second-order valence-corrected chi connectivity index (χ2v) is 5.65. The molecule has 0 saturated carbocycles. The highest BCUT2D eigenvalue weighted by Crippen LogP contribution is 2.27. The zero-order valence-electron chi connectivity index (χ0n) is 10.4. The van der Waals surface area contributed by atoms with Crippen LogP contribution in [0.15, 0.2) is 22.7 Å². The average Bonchev–Trinajstić information content (AvgIpc) is 2.21. The number of ether oxygens (including phenoxy) is 1. The fraction of sp³-hybridized carbons (Fsp3) is 0.538. The Morgan fingerprint density at radius 2 is 2.06 bits per heavy atom. The molecule has 0 heterocycles. The molecule has 2 nitrogen and oxygen atoms in total. The number of benzene rings is 1. The van der Waals surface area contributed by atoms with E-state index in [0.29, 0.717) is 5.92 Å². The van der Waals surface area contributed by atoms with E-state index in [2.05, 4.69) is 36.7 Å². The first-order chi connectivity index (χ1) is 7.36. The van der Waals surface area contributed by atoms with Crippen molar-refractivity contribution in [3.05, 3.63) is 28.2 Å². The van der Waals surface area contributed by atoms with Crippen molar-refractivity contribution in [2.75, 3.05) is 7.11 Å². The SMILES string of the molecule is COc1ccc(Br)c(CC(C)(N)C(C)C)c1. The van der Waals surface area contributed by atoms with E-state index in [1.165, 1.54) is 5.56 Å². The van der Waals surface area contributed by atoms with Crippen LogP contribution in [0.25, 0.3) is 0 Å². The maximum Gasteiger partial charge on any atom is 0.119 e. The summed E-state index contributed by atoms with van der Waals surface area (Å²) in [5.41, 5.74) is 7.28. The lowest BCUT2D eigenvalue weighted by Gasteiger charge is -2.29. The van der Waals surface area contributed by atoms with E-state index < -0.39 is 0 Å². The Morgan fingerprint density at radius 1 is 1.44 bits per heavy atom. The Labute approximate surface area is 106 Å². The topological polar surface area (TPSA) is 35.2 Å². The van der Waals surface area contributed by atoms with Gasteiger partial charge in [-0.2, -0.15) is 0 Å². The average molecular weight is 286 g/mol. The molecule has 0 bridgehead atoms. The van der Waals surface area contributed by atoms with Crippen molar-refractivity contribution < 1.29 is 4.74 Å². The summed E-state index contributed by atoms with van der Waals surface area (Å²) >= 11 is 3.55. The van der Waals surface area contributed by atoms with Crippen LogP contribution in [0.1, 0.15) is 26.3 Å². The summed E-state index contributed by atoms with van der Waals surface area (Å²) in [5.74, 6) is 1.31. The highest BCUT2D eigenvalue weighted by Gasteiger charge is 2.24. The minimum Gasteiger partial charge on any atom is -0.497 e. The van der Waals surface area contributed by atoms with Gasteiger partial charge in [0.2, 0.25) is 0 Å². The minimum atomic E-state index is -0.200. The third kappa shape index (κ3) is 3.22. The van der Waals surface area contributed by atoms with Crippen molar-refractivity contribution in [2.24, 2.45) is 11.7 Å². The summed E-state index contributed by atoms with van der Waals surface area (Å²) in [6, 6.07) is 5.99. The minimum absolute atomic E-state index is 0.200. The smallest absolute Gasteiger partial charge is 0.119 e. The van der Waals surface area contributed by atoms with Crippen LogP contribution in [0.3, 0.4) is 0 Å². The fourth-order valence-corrected chi connectivity index (χ4v) is 1.81. The van der Waals surface area contributed by atoms with Crippen LogP contribution in [-0.2, 0) is 6.42 Å². The van der Waals surface area contributed by atoms with Gasteiger partial charge in [-0.3, -0.25) is 0 Å². The van der Waals surface area contributed by atoms with Crippen molar-refractivity contribution >= 4 is 15.9 Å². The zero-order chi connectivity index (χ0) is 12.3. The van der Waals surface area contributed by atoms with Gasteiger partial charge in [0.25, 0.3) is 0 Å². The summed E-state index contributed by atoms with van der Waals surface area (Å²) in [6.07, 6.45) is 0.836. The number of hydrogen-bond acceptors (Lipinski definition) is 2. The molecule has 0 fully saturated rings. The first-order valence-corrected chi connectivity index (χ1v) is 6.27. The van der Waals surface area contributed by atoms with Gasteiger partial charge in [-0.05, 0) is 43.0 Å². The summed E-state index contributed by atoms with van der Waals surface area (Å²) in [6.45, 7) is 6.38. The third-order valence-corrected chi connectivity index (χ3v) is 3.92. The van der Waals surface area contributed by atoms with E-state index in [9.17, 15) is 0 Å². The van der Waals surface area contributed by atoms with Crippen LogP contribution < -0.4 is 10.5 Å². The fourth-order valence-electron chi connectivity index (χ4n) is 1.43. The number of nitrogens with two attached hydrogens (primary N) is 1. The van der Waals surface area contributed by atoms with E-state index in [1.807, 2.05) is 18.2 Å². The highest BCUT2D eigenvalue weighted by molar-refractivity contribution is 9.10. The van der Waals surface area contributed by atoms with Crippen LogP contribution in [0.4, 0.5) is 0 Å². The van der Waals surface area contributed by atoms with Crippen LogP contribution >= 0.6 is 15.9 Å². The van der Waals surface area contributed by atoms with Crippen molar-refractivity contribution in [1.29, 1.82) is 0 Å². The molecule has 0 radical (unpaired) electrons. The first kappa shape index (κ1) is 13.5. The second kappa shape index (κ2) is 5.19. The molecule has 90 valence electrons. The molecule has 0 saturated heterocycles. The number of methoxy groups -OCH3 is 1. The van der Waals surface area contributed by atoms with Gasteiger partial charge < -0.3 is 10.5 Å². The van der Waals surface area contributed by atoms with Crippen LogP contribution in [0.2, 0.25) is 0 Å². The Balaban J connectivity index is 2.96. The Bertz CT molecular complexity index is 361. The molecule has 1 rings (SSSR count). The third-order valence-electron chi connectivity index (χ3n) is 3.14. The first-order valence-electron chi connectivity index (χ1n) is 5.48. The van der Waals surface area contributed by atoms with Gasteiger partial charge in [-0.1, -0.05) is 29.8 Å². The molecule has 0 spiro atoms. The van der Waals surface area contributed by atoms with Gasteiger partial charge in [0.15, 0.2) is 0 Å². The lowest BCUT2D eigenvalue weighted by molar-refractivity contribution is 0.336. The molecule has 1 unspecified atom stereocenters. The normalized spacial score (nSPS) is 14.9. The molecule has 0 aromatic heterocycles. The predicted molar refractivity (Wildman–Crippen MR) is 71.8 cm³/mol. The standard InChI is InChI=1S/C13H20BrNO/c1-9(2)13(3,15)8-10-7-11(16-4)5-6-12(10)14/h5-7,9H,8,15H2,1-4H3. The maximum absolute atomic E-state index is 6.29. The summed E-state index contributed by atoms with van der Waals surface area (Å²) in [4.78, 5) is 0. The largest absolute Gasteiger partial charge is 0.497 e. The number of hydrogen-bond donors (Lipinski definition) is 1. The molecule has 0 amide bonds. The predicted octanol–water partition coefficient (Wildman–Crippen LogP) is 3.37. The zero-order valence-corrected chi connectivity index (χ0v) is 12.0. The van der Waals surface area contributed by atoms with Gasteiger partial charge in [-0.15, -0.1) is 0 Å². The van der Waals surface area contributed by atoms with E-state index in [4.69, 9.17) is 10.5 Å². The molecule has 1 aromatic carbocycles.